The van der Waals surface area contributed by atoms with E-state index in [4.69, 9.17) is 11.1 Å². The Morgan fingerprint density at radius 2 is 1.94 bits per heavy atom. The van der Waals surface area contributed by atoms with Crippen molar-refractivity contribution in [2.75, 3.05) is 17.3 Å². The number of hydrogen-bond donors (Lipinski definition) is 4. The minimum absolute atomic E-state index is 0.0279. The number of nitrogens with two attached hydrogens (primary N) is 1. The van der Waals surface area contributed by atoms with Gasteiger partial charge in [0.05, 0.1) is 6.42 Å². The average Bonchev–Trinajstić information content (AvgIpc) is 2.79. The van der Waals surface area contributed by atoms with E-state index in [-0.39, 0.29) is 23.5 Å². The van der Waals surface area contributed by atoms with Crippen molar-refractivity contribution in [2.45, 2.75) is 16.6 Å². The predicted octanol–water partition coefficient (Wildman–Crippen LogP) is 3.97. The number of carbonyl (C=O) groups is 2. The second-order valence-electron chi connectivity index (χ2n) is 6.96. The van der Waals surface area contributed by atoms with Gasteiger partial charge in [0.2, 0.25) is 0 Å². The third-order valence-electron chi connectivity index (χ3n) is 4.66. The first-order valence-corrected chi connectivity index (χ1v) is 10.6. The van der Waals surface area contributed by atoms with E-state index in [0.717, 1.165) is 10.5 Å². The Kier molecular flexibility index (Phi) is 7.45. The number of nitrogens with zero attached hydrogens (tertiary/aromatic N) is 2. The lowest BCUT2D eigenvalue weighted by atomic mass is 10.1. The number of pyridine rings is 1. The highest BCUT2D eigenvalue weighted by atomic mass is 32.2. The zero-order valence-corrected chi connectivity index (χ0v) is 18.2. The highest BCUT2D eigenvalue weighted by molar-refractivity contribution is 7.99. The fourth-order valence-electron chi connectivity index (χ4n) is 2.93. The van der Waals surface area contributed by atoms with Gasteiger partial charge in [-0.25, -0.2) is 0 Å². The SMILES string of the molecule is CN(C(=N)N)c1cccc(C(=O)Nc2ccc(SC(CC(=O)O)c3cccnc3)cc2)c1. The predicted molar refractivity (Wildman–Crippen MR) is 126 cm³/mol. The lowest BCUT2D eigenvalue weighted by Crippen LogP contribution is -2.32. The Bertz CT molecular complexity index is 1110. The lowest BCUT2D eigenvalue weighted by molar-refractivity contribution is -0.137. The number of carboxylic acid groups (broad SMARTS) is 1. The van der Waals surface area contributed by atoms with Crippen molar-refractivity contribution < 1.29 is 14.7 Å². The maximum atomic E-state index is 12.6. The van der Waals surface area contributed by atoms with E-state index in [2.05, 4.69) is 10.3 Å². The van der Waals surface area contributed by atoms with E-state index >= 15 is 0 Å². The van der Waals surface area contributed by atoms with Crippen LogP contribution in [0.5, 0.6) is 0 Å². The number of carboxylic acids is 1. The molecule has 2 aromatic carbocycles. The fraction of sp³-hybridized carbons (Fsp3) is 0.130. The van der Waals surface area contributed by atoms with E-state index in [1.807, 2.05) is 18.2 Å². The Morgan fingerprint density at radius 3 is 2.56 bits per heavy atom. The van der Waals surface area contributed by atoms with Crippen molar-refractivity contribution >= 4 is 41.0 Å². The van der Waals surface area contributed by atoms with E-state index in [0.29, 0.717) is 16.9 Å². The average molecular weight is 450 g/mol. The third kappa shape index (κ3) is 6.08. The molecule has 0 aliphatic carbocycles. The summed E-state index contributed by atoms with van der Waals surface area (Å²) < 4.78 is 0. The first kappa shape index (κ1) is 22.8. The molecule has 3 aromatic rings. The van der Waals surface area contributed by atoms with Gasteiger partial charge in [0.1, 0.15) is 0 Å². The second-order valence-corrected chi connectivity index (χ2v) is 8.24. The van der Waals surface area contributed by atoms with Crippen molar-refractivity contribution in [3.63, 3.8) is 0 Å². The number of hydrogen-bond acceptors (Lipinski definition) is 5. The van der Waals surface area contributed by atoms with Gasteiger partial charge >= 0.3 is 5.97 Å². The largest absolute Gasteiger partial charge is 0.481 e. The van der Waals surface area contributed by atoms with Crippen molar-refractivity contribution in [3.05, 3.63) is 84.2 Å². The summed E-state index contributed by atoms with van der Waals surface area (Å²) in [6, 6.07) is 17.7. The molecule has 0 radical (unpaired) electrons. The molecule has 0 aliphatic rings. The molecule has 1 heterocycles. The van der Waals surface area contributed by atoms with Crippen LogP contribution in [0, 0.1) is 5.41 Å². The Labute approximate surface area is 190 Å². The summed E-state index contributed by atoms with van der Waals surface area (Å²) in [5, 5.41) is 19.3. The third-order valence-corrected chi connectivity index (χ3v) is 5.93. The Morgan fingerprint density at radius 1 is 1.19 bits per heavy atom. The molecule has 164 valence electrons. The van der Waals surface area contributed by atoms with Crippen LogP contribution in [0.3, 0.4) is 0 Å². The maximum absolute atomic E-state index is 12.6. The van der Waals surface area contributed by atoms with Gasteiger partial charge in [-0.05, 0) is 54.1 Å². The Balaban J connectivity index is 1.69. The standard InChI is InChI=1S/C23H23N5O3S/c1-28(23(24)25)18-6-2-4-15(12-18)22(31)27-17-7-9-19(10-8-17)32-20(13-21(29)30)16-5-3-11-26-14-16/h2-12,14,20H,13H2,1H3,(H3,24,25)(H,27,31)(H,29,30). The monoisotopic (exact) mass is 449 g/mol. The molecule has 3 rings (SSSR count). The molecule has 0 bridgehead atoms. The van der Waals surface area contributed by atoms with Crippen LogP contribution in [0.2, 0.25) is 0 Å². The Hall–Kier alpha value is -3.85. The zero-order valence-electron chi connectivity index (χ0n) is 17.4. The topological polar surface area (TPSA) is 132 Å². The molecular weight excluding hydrogens is 426 g/mol. The molecule has 0 saturated carbocycles. The zero-order chi connectivity index (χ0) is 23.1. The molecule has 9 heteroatoms. The van der Waals surface area contributed by atoms with Crippen LogP contribution in [-0.4, -0.2) is 35.0 Å². The smallest absolute Gasteiger partial charge is 0.304 e. The first-order valence-electron chi connectivity index (χ1n) is 9.71. The van der Waals surface area contributed by atoms with Crippen molar-refractivity contribution in [1.82, 2.24) is 4.98 Å². The van der Waals surface area contributed by atoms with Gasteiger partial charge in [-0.2, -0.15) is 0 Å². The number of guanidine groups is 1. The van der Waals surface area contributed by atoms with Crippen LogP contribution in [0.1, 0.15) is 27.6 Å². The normalized spacial score (nSPS) is 11.4. The number of nitrogens with one attached hydrogen (secondary N) is 2. The highest BCUT2D eigenvalue weighted by Crippen LogP contribution is 2.37. The van der Waals surface area contributed by atoms with Crippen LogP contribution in [0.15, 0.2) is 78.0 Å². The molecule has 0 spiro atoms. The van der Waals surface area contributed by atoms with E-state index in [1.165, 1.54) is 16.7 Å². The summed E-state index contributed by atoms with van der Waals surface area (Å²) in [6.45, 7) is 0. The van der Waals surface area contributed by atoms with Crippen molar-refractivity contribution in [3.8, 4) is 0 Å². The number of aliphatic carboxylic acids is 1. The summed E-state index contributed by atoms with van der Waals surface area (Å²) in [4.78, 5) is 30.3. The molecule has 0 aliphatic heterocycles. The quantitative estimate of drug-likeness (QED) is 0.232. The van der Waals surface area contributed by atoms with E-state index in [9.17, 15) is 14.7 Å². The second kappa shape index (κ2) is 10.5. The van der Waals surface area contributed by atoms with Crippen LogP contribution < -0.4 is 16.0 Å². The molecule has 1 amide bonds. The molecule has 0 saturated heterocycles. The van der Waals surface area contributed by atoms with Crippen molar-refractivity contribution in [1.29, 1.82) is 5.41 Å². The van der Waals surface area contributed by atoms with Gasteiger partial charge in [0.15, 0.2) is 5.96 Å². The van der Waals surface area contributed by atoms with Gasteiger partial charge in [-0.3, -0.25) is 20.0 Å². The number of anilines is 2. The minimum Gasteiger partial charge on any atom is -0.481 e. The van der Waals surface area contributed by atoms with Gasteiger partial charge in [-0.1, -0.05) is 12.1 Å². The summed E-state index contributed by atoms with van der Waals surface area (Å²) in [7, 11) is 1.65. The number of carbonyl (C=O) groups excluding carboxylic acids is 1. The summed E-state index contributed by atoms with van der Waals surface area (Å²) in [5.41, 5.74) is 8.03. The van der Waals surface area contributed by atoms with Crippen LogP contribution >= 0.6 is 11.8 Å². The number of amides is 1. The molecule has 0 fully saturated rings. The van der Waals surface area contributed by atoms with Gasteiger partial charge in [-0.15, -0.1) is 11.8 Å². The number of aromatic nitrogens is 1. The van der Waals surface area contributed by atoms with E-state index in [1.54, 1.807) is 61.9 Å². The molecular formula is C23H23N5O3S. The lowest BCUT2D eigenvalue weighted by Gasteiger charge is -2.17. The molecule has 32 heavy (non-hydrogen) atoms. The number of benzene rings is 2. The molecule has 1 unspecified atom stereocenters. The molecule has 5 N–H and O–H groups in total. The van der Waals surface area contributed by atoms with Crippen LogP contribution in [0.4, 0.5) is 11.4 Å². The van der Waals surface area contributed by atoms with Gasteiger partial charge < -0.3 is 21.1 Å². The van der Waals surface area contributed by atoms with Gasteiger partial charge in [0.25, 0.3) is 5.91 Å². The number of thioether (sulfide) groups is 1. The summed E-state index contributed by atoms with van der Waals surface area (Å²) in [6.07, 6.45) is 3.30. The minimum atomic E-state index is -0.882. The maximum Gasteiger partial charge on any atom is 0.304 e. The van der Waals surface area contributed by atoms with E-state index < -0.39 is 5.97 Å². The van der Waals surface area contributed by atoms with Crippen molar-refractivity contribution in [2.24, 2.45) is 5.73 Å². The fourth-order valence-corrected chi connectivity index (χ4v) is 4.05. The molecule has 1 atom stereocenters. The highest BCUT2D eigenvalue weighted by Gasteiger charge is 2.17. The summed E-state index contributed by atoms with van der Waals surface area (Å²) in [5.74, 6) is -1.29. The molecule has 1 aromatic heterocycles. The summed E-state index contributed by atoms with van der Waals surface area (Å²) >= 11 is 1.43. The molecule has 8 nitrogen and oxygen atoms in total. The number of rotatable bonds is 8. The van der Waals surface area contributed by atoms with Crippen LogP contribution in [-0.2, 0) is 4.79 Å². The van der Waals surface area contributed by atoms with Crippen LogP contribution in [0.25, 0.3) is 0 Å². The van der Waals surface area contributed by atoms with Gasteiger partial charge in [0, 0.05) is 46.5 Å². The first-order chi connectivity index (χ1) is 15.3.